The van der Waals surface area contributed by atoms with Crippen LogP contribution in [0, 0.1) is 40.4 Å². The van der Waals surface area contributed by atoms with Gasteiger partial charge in [0.15, 0.2) is 0 Å². The lowest BCUT2D eigenvalue weighted by Crippen LogP contribution is -2.57. The molecule has 1 N–H and O–H groups in total. The summed E-state index contributed by atoms with van der Waals surface area (Å²) in [5.74, 6) is 4.07. The number of Topliss-reactive ketones (excluding diaryl/α,β-unsaturated/α-hetero) is 1. The number of aliphatic hydroxyl groups is 1. The molecule has 5 aliphatic rings. The molecular weight excluding hydrogens is 332 g/mol. The molecule has 7 atom stereocenters. The van der Waals surface area contributed by atoms with E-state index in [1.165, 1.54) is 57.8 Å². The van der Waals surface area contributed by atoms with Crippen molar-refractivity contribution in [2.75, 3.05) is 0 Å². The van der Waals surface area contributed by atoms with E-state index in [1.54, 1.807) is 0 Å². The number of hydrogen-bond donors (Lipinski definition) is 1. The van der Waals surface area contributed by atoms with Gasteiger partial charge in [0.2, 0.25) is 0 Å². The van der Waals surface area contributed by atoms with Gasteiger partial charge in [-0.1, -0.05) is 33.1 Å². The minimum atomic E-state index is -0.371. The molecule has 0 aromatic carbocycles. The van der Waals surface area contributed by atoms with E-state index in [1.807, 2.05) is 0 Å². The largest absolute Gasteiger partial charge is 0.390 e. The molecule has 5 fully saturated rings. The Bertz CT molecular complexity index is 607. The van der Waals surface area contributed by atoms with Crippen LogP contribution < -0.4 is 0 Å². The summed E-state index contributed by atoms with van der Waals surface area (Å²) < 4.78 is 0. The summed E-state index contributed by atoms with van der Waals surface area (Å²) in [6, 6.07) is 0. The number of rotatable bonds is 1. The summed E-state index contributed by atoms with van der Waals surface area (Å²) >= 11 is 0. The van der Waals surface area contributed by atoms with Gasteiger partial charge < -0.3 is 5.11 Å². The standard InChI is InChI=1S/C25H40O2/c1-23-14-15-25(27,17-6-4-3-5-7-17)16-18(23)8-9-19-20-10-11-22(26)24(20,2)13-12-21(19)23/h17-21,27H,3-16H2,1-2H3/t18?,19?,20?,21?,23-,24-,25+/m0/s1. The third kappa shape index (κ3) is 2.64. The van der Waals surface area contributed by atoms with Gasteiger partial charge in [-0.2, -0.15) is 0 Å². The maximum Gasteiger partial charge on any atom is 0.139 e. The van der Waals surface area contributed by atoms with Gasteiger partial charge in [-0.15, -0.1) is 0 Å². The summed E-state index contributed by atoms with van der Waals surface area (Å²) in [5.41, 5.74) is 0.0442. The highest BCUT2D eigenvalue weighted by molar-refractivity contribution is 5.87. The van der Waals surface area contributed by atoms with Crippen LogP contribution in [0.1, 0.15) is 104 Å². The van der Waals surface area contributed by atoms with E-state index in [0.717, 1.165) is 43.9 Å². The predicted octanol–water partition coefficient (Wildman–Crippen LogP) is 5.91. The summed E-state index contributed by atoms with van der Waals surface area (Å²) in [7, 11) is 0. The topological polar surface area (TPSA) is 37.3 Å². The fraction of sp³-hybridized carbons (Fsp3) is 0.960. The quantitative estimate of drug-likeness (QED) is 0.621. The third-order valence-corrected chi connectivity index (χ3v) is 10.8. The lowest BCUT2D eigenvalue weighted by atomic mass is 9.43. The maximum atomic E-state index is 12.6. The van der Waals surface area contributed by atoms with Crippen LogP contribution in [-0.2, 0) is 4.79 Å². The van der Waals surface area contributed by atoms with Gasteiger partial charge in [-0.3, -0.25) is 4.79 Å². The van der Waals surface area contributed by atoms with Gasteiger partial charge in [-0.25, -0.2) is 0 Å². The van der Waals surface area contributed by atoms with Crippen molar-refractivity contribution in [1.29, 1.82) is 0 Å². The molecule has 0 aromatic heterocycles. The molecule has 0 bridgehead atoms. The van der Waals surface area contributed by atoms with E-state index in [9.17, 15) is 9.90 Å². The molecule has 27 heavy (non-hydrogen) atoms. The van der Waals surface area contributed by atoms with Gasteiger partial charge in [0, 0.05) is 11.8 Å². The molecule has 2 nitrogen and oxygen atoms in total. The first-order valence-corrected chi connectivity index (χ1v) is 12.1. The zero-order valence-electron chi connectivity index (χ0n) is 17.6. The number of hydrogen-bond acceptors (Lipinski definition) is 2. The Morgan fingerprint density at radius 3 is 2.37 bits per heavy atom. The molecule has 0 saturated heterocycles. The van der Waals surface area contributed by atoms with Crippen LogP contribution in [0.25, 0.3) is 0 Å². The molecule has 0 aliphatic heterocycles. The Morgan fingerprint density at radius 2 is 1.59 bits per heavy atom. The van der Waals surface area contributed by atoms with Crippen LogP contribution in [0.15, 0.2) is 0 Å². The normalized spacial score (nSPS) is 53.5. The van der Waals surface area contributed by atoms with Crippen LogP contribution in [0.2, 0.25) is 0 Å². The van der Waals surface area contributed by atoms with Crippen molar-refractivity contribution in [1.82, 2.24) is 0 Å². The molecule has 5 rings (SSSR count). The third-order valence-electron chi connectivity index (χ3n) is 10.8. The average Bonchev–Trinajstić information content (AvgIpc) is 2.98. The van der Waals surface area contributed by atoms with Crippen molar-refractivity contribution in [3.05, 3.63) is 0 Å². The van der Waals surface area contributed by atoms with E-state index in [-0.39, 0.29) is 11.0 Å². The van der Waals surface area contributed by atoms with E-state index in [4.69, 9.17) is 0 Å². The molecule has 5 aliphatic carbocycles. The number of carbonyl (C=O) groups is 1. The Hall–Kier alpha value is -0.370. The zero-order valence-corrected chi connectivity index (χ0v) is 17.6. The molecule has 0 heterocycles. The first kappa shape index (κ1) is 18.6. The van der Waals surface area contributed by atoms with Gasteiger partial charge in [0.25, 0.3) is 0 Å². The first-order valence-electron chi connectivity index (χ1n) is 12.1. The lowest BCUT2D eigenvalue weighted by Gasteiger charge is -2.62. The first-order chi connectivity index (χ1) is 12.9. The zero-order chi connectivity index (χ0) is 18.9. The highest BCUT2D eigenvalue weighted by Crippen LogP contribution is 2.66. The molecule has 5 saturated carbocycles. The average molecular weight is 373 g/mol. The van der Waals surface area contributed by atoms with Gasteiger partial charge in [-0.05, 0) is 99.2 Å². The molecule has 0 radical (unpaired) electrons. The second-order valence-corrected chi connectivity index (χ2v) is 11.7. The SMILES string of the molecule is C[C@]12CC[C@](O)(C3CCCCC3)CC1CCC1C2CC[C@]2(C)C(=O)CCC12. The highest BCUT2D eigenvalue weighted by atomic mass is 16.3. The van der Waals surface area contributed by atoms with Crippen LogP contribution in [-0.4, -0.2) is 16.5 Å². The summed E-state index contributed by atoms with van der Waals surface area (Å²) in [5, 5.41) is 11.6. The molecule has 0 aromatic rings. The van der Waals surface area contributed by atoms with E-state index in [0.29, 0.717) is 29.0 Å². The van der Waals surface area contributed by atoms with Crippen molar-refractivity contribution < 1.29 is 9.90 Å². The number of carbonyl (C=O) groups excluding carboxylic acids is 1. The van der Waals surface area contributed by atoms with Gasteiger partial charge >= 0.3 is 0 Å². The molecule has 0 amide bonds. The van der Waals surface area contributed by atoms with E-state index < -0.39 is 0 Å². The summed E-state index contributed by atoms with van der Waals surface area (Å²) in [6.45, 7) is 4.87. The fourth-order valence-corrected chi connectivity index (χ4v) is 9.06. The Morgan fingerprint density at radius 1 is 0.815 bits per heavy atom. The Balaban J connectivity index is 1.37. The second-order valence-electron chi connectivity index (χ2n) is 11.7. The van der Waals surface area contributed by atoms with Crippen LogP contribution in [0.3, 0.4) is 0 Å². The molecular formula is C25H40O2. The van der Waals surface area contributed by atoms with E-state index >= 15 is 0 Å². The molecule has 0 spiro atoms. The number of ketones is 1. The van der Waals surface area contributed by atoms with Crippen molar-refractivity contribution >= 4 is 5.78 Å². The fourth-order valence-electron chi connectivity index (χ4n) is 9.06. The predicted molar refractivity (Wildman–Crippen MR) is 108 cm³/mol. The van der Waals surface area contributed by atoms with Gasteiger partial charge in [0.1, 0.15) is 5.78 Å². The van der Waals surface area contributed by atoms with Crippen molar-refractivity contribution in [2.24, 2.45) is 40.4 Å². The monoisotopic (exact) mass is 372 g/mol. The van der Waals surface area contributed by atoms with Gasteiger partial charge in [0.05, 0.1) is 5.60 Å². The van der Waals surface area contributed by atoms with Crippen molar-refractivity contribution in [3.8, 4) is 0 Å². The molecule has 152 valence electrons. The Kier molecular flexibility index (Phi) is 4.36. The second kappa shape index (κ2) is 6.31. The van der Waals surface area contributed by atoms with Crippen LogP contribution >= 0.6 is 0 Å². The smallest absolute Gasteiger partial charge is 0.139 e. The number of fused-ring (bicyclic) bond motifs is 5. The lowest BCUT2D eigenvalue weighted by molar-refractivity contribution is -0.167. The van der Waals surface area contributed by atoms with Crippen LogP contribution in [0.5, 0.6) is 0 Å². The van der Waals surface area contributed by atoms with Crippen molar-refractivity contribution in [2.45, 2.75) is 109 Å². The minimum absolute atomic E-state index is 0.00185. The maximum absolute atomic E-state index is 12.6. The molecule has 2 heteroatoms. The highest BCUT2D eigenvalue weighted by Gasteiger charge is 2.61. The van der Waals surface area contributed by atoms with E-state index in [2.05, 4.69) is 13.8 Å². The minimum Gasteiger partial charge on any atom is -0.390 e. The summed E-state index contributed by atoms with van der Waals surface area (Å²) in [6.07, 6.45) is 16.9. The van der Waals surface area contributed by atoms with Crippen LogP contribution in [0.4, 0.5) is 0 Å². The molecule has 4 unspecified atom stereocenters. The van der Waals surface area contributed by atoms with Crippen molar-refractivity contribution in [3.63, 3.8) is 0 Å². The summed E-state index contributed by atoms with van der Waals surface area (Å²) in [4.78, 5) is 12.6. The Labute approximate surface area is 165 Å².